The van der Waals surface area contributed by atoms with Gasteiger partial charge >= 0.3 is 5.97 Å². The third-order valence-corrected chi connectivity index (χ3v) is 2.63. The van der Waals surface area contributed by atoms with Crippen LogP contribution in [0.4, 0.5) is 0 Å². The zero-order chi connectivity index (χ0) is 13.7. The van der Waals surface area contributed by atoms with Crippen LogP contribution in [0.1, 0.15) is 17.3 Å². The predicted molar refractivity (Wildman–Crippen MR) is 73.6 cm³/mol. The zero-order valence-corrected chi connectivity index (χ0v) is 10.9. The molecule has 0 N–H and O–H groups in total. The Kier molecular flexibility index (Phi) is 3.80. The summed E-state index contributed by atoms with van der Waals surface area (Å²) in [6, 6.07) is 15.6. The second kappa shape index (κ2) is 6.12. The smallest absolute Gasteiger partial charge is 0.313 e. The lowest BCUT2D eigenvalue weighted by atomic mass is 10.2. The second-order valence-electron chi connectivity index (χ2n) is 3.46. The summed E-state index contributed by atoms with van der Waals surface area (Å²) in [6.07, 6.45) is -0.0936. The fourth-order valence-corrected chi connectivity index (χ4v) is 1.70. The van der Waals surface area contributed by atoms with Crippen molar-refractivity contribution in [2.24, 2.45) is 5.16 Å². The van der Waals surface area contributed by atoms with Crippen molar-refractivity contribution in [3.63, 3.8) is 0 Å². The Balaban J connectivity index is 2.08. The Bertz CT molecular complexity index is 614. The van der Waals surface area contributed by atoms with Gasteiger partial charge in [0.15, 0.2) is 0 Å². The number of carbonyl (C=O) groups is 1. The molecule has 18 heavy (non-hydrogen) atoms. The first-order chi connectivity index (χ1) is 9.16. The highest BCUT2D eigenvalue weighted by Gasteiger charge is 2.06. The minimum atomic E-state index is -0.595. The van der Waals surface area contributed by atoms with E-state index < -0.39 is 5.97 Å². The summed E-state index contributed by atoms with van der Waals surface area (Å²) in [4.78, 5) is 16.4. The van der Waals surface area contributed by atoms with Gasteiger partial charge in [0.1, 0.15) is 0 Å². The molecular weight excluding hydrogens is 294 g/mol. The lowest BCUT2D eigenvalue weighted by molar-refractivity contribution is 0.0519. The number of benzene rings is 2. The Hall–Kier alpha value is -1.94. The van der Waals surface area contributed by atoms with Crippen LogP contribution in [0, 0.1) is 0 Å². The van der Waals surface area contributed by atoms with Crippen molar-refractivity contribution < 1.29 is 11.0 Å². The molecule has 0 fully saturated rings. The summed E-state index contributed by atoms with van der Waals surface area (Å²) in [5, 5.41) is 3.52. The SMILES string of the molecule is [2H]/C(=N\OC(=O)c1cccc(Br)c1)c1ccccc1. The van der Waals surface area contributed by atoms with E-state index in [0.29, 0.717) is 11.1 Å². The van der Waals surface area contributed by atoms with Crippen molar-refractivity contribution >= 4 is 28.1 Å². The van der Waals surface area contributed by atoms with Crippen LogP contribution in [-0.2, 0) is 4.84 Å². The van der Waals surface area contributed by atoms with Gasteiger partial charge in [-0.2, -0.15) is 0 Å². The van der Waals surface area contributed by atoms with Crippen molar-refractivity contribution in [2.45, 2.75) is 0 Å². The van der Waals surface area contributed by atoms with Gasteiger partial charge in [0.2, 0.25) is 0 Å². The molecule has 0 heterocycles. The number of carbonyl (C=O) groups excluding carboxylic acids is 1. The van der Waals surface area contributed by atoms with Gasteiger partial charge in [0, 0.05) is 4.47 Å². The van der Waals surface area contributed by atoms with E-state index in [1.807, 2.05) is 6.07 Å². The average molecular weight is 305 g/mol. The first-order valence-corrected chi connectivity index (χ1v) is 6.03. The maximum absolute atomic E-state index is 11.7. The van der Waals surface area contributed by atoms with Crippen molar-refractivity contribution in [1.82, 2.24) is 0 Å². The topological polar surface area (TPSA) is 38.7 Å². The molecule has 0 unspecified atom stereocenters. The van der Waals surface area contributed by atoms with Crippen molar-refractivity contribution in [3.8, 4) is 0 Å². The fourth-order valence-electron chi connectivity index (χ4n) is 1.30. The van der Waals surface area contributed by atoms with Crippen LogP contribution >= 0.6 is 15.9 Å². The van der Waals surface area contributed by atoms with Crippen LogP contribution in [-0.4, -0.2) is 12.2 Å². The molecule has 2 aromatic carbocycles. The molecule has 90 valence electrons. The van der Waals surface area contributed by atoms with Gasteiger partial charge in [-0.3, -0.25) is 0 Å². The zero-order valence-electron chi connectivity index (χ0n) is 10.3. The molecule has 0 aromatic heterocycles. The molecule has 0 spiro atoms. The molecule has 0 amide bonds. The molecule has 0 aliphatic carbocycles. The highest BCUT2D eigenvalue weighted by Crippen LogP contribution is 2.12. The van der Waals surface area contributed by atoms with E-state index in [1.54, 1.807) is 48.5 Å². The first kappa shape index (κ1) is 11.2. The lowest BCUT2D eigenvalue weighted by Crippen LogP contribution is -2.00. The number of hydrogen-bond acceptors (Lipinski definition) is 3. The minimum absolute atomic E-state index is 0.0936. The Labute approximate surface area is 115 Å². The number of halogens is 1. The molecule has 2 aromatic rings. The standard InChI is InChI=1S/C14H10BrNO2/c15-13-8-4-7-12(9-13)14(17)18-16-10-11-5-2-1-3-6-11/h1-10H/b16-10+/i10D. The molecule has 0 radical (unpaired) electrons. The molecule has 0 atom stereocenters. The number of nitrogens with zero attached hydrogens (tertiary/aromatic N) is 1. The van der Waals surface area contributed by atoms with Gasteiger partial charge < -0.3 is 4.84 Å². The molecule has 0 aliphatic heterocycles. The first-order valence-electron chi connectivity index (χ1n) is 5.74. The van der Waals surface area contributed by atoms with E-state index >= 15 is 0 Å². The molecular formula is C14H10BrNO2. The van der Waals surface area contributed by atoms with Crippen LogP contribution in [0.25, 0.3) is 0 Å². The van der Waals surface area contributed by atoms with E-state index in [4.69, 9.17) is 6.21 Å². The maximum atomic E-state index is 11.7. The monoisotopic (exact) mass is 304 g/mol. The number of rotatable bonds is 3. The molecule has 0 aliphatic rings. The van der Waals surface area contributed by atoms with E-state index in [1.165, 1.54) is 0 Å². The van der Waals surface area contributed by atoms with Crippen molar-refractivity contribution in [2.75, 3.05) is 0 Å². The summed E-state index contributed by atoms with van der Waals surface area (Å²) < 4.78 is 8.45. The van der Waals surface area contributed by atoms with E-state index in [9.17, 15) is 4.79 Å². The summed E-state index contributed by atoms with van der Waals surface area (Å²) in [7, 11) is 0. The molecule has 0 saturated carbocycles. The summed E-state index contributed by atoms with van der Waals surface area (Å²) in [6.45, 7) is 0. The van der Waals surface area contributed by atoms with Gasteiger partial charge in [-0.25, -0.2) is 4.79 Å². The third-order valence-electron chi connectivity index (χ3n) is 2.14. The number of oxime groups is 1. The molecule has 4 heteroatoms. The summed E-state index contributed by atoms with van der Waals surface area (Å²) in [5.74, 6) is -0.595. The quantitative estimate of drug-likeness (QED) is 0.493. The lowest BCUT2D eigenvalue weighted by Gasteiger charge is -1.98. The van der Waals surface area contributed by atoms with Crippen molar-refractivity contribution in [3.05, 3.63) is 70.2 Å². The van der Waals surface area contributed by atoms with E-state index in [-0.39, 0.29) is 6.19 Å². The van der Waals surface area contributed by atoms with Gasteiger partial charge in [0.05, 0.1) is 13.1 Å². The van der Waals surface area contributed by atoms with Crippen LogP contribution < -0.4 is 0 Å². The van der Waals surface area contributed by atoms with Crippen LogP contribution in [0.3, 0.4) is 0 Å². The van der Waals surface area contributed by atoms with E-state index in [2.05, 4.69) is 21.1 Å². The van der Waals surface area contributed by atoms with E-state index in [0.717, 1.165) is 4.47 Å². The molecule has 0 bridgehead atoms. The van der Waals surface area contributed by atoms with Crippen LogP contribution in [0.5, 0.6) is 0 Å². The Morgan fingerprint density at radius 3 is 2.72 bits per heavy atom. The third kappa shape index (κ3) is 3.53. The fraction of sp³-hybridized carbons (Fsp3) is 0. The maximum Gasteiger partial charge on any atom is 0.365 e. The summed E-state index contributed by atoms with van der Waals surface area (Å²) >= 11 is 3.27. The van der Waals surface area contributed by atoms with Crippen molar-refractivity contribution in [1.29, 1.82) is 0 Å². The molecule has 2 rings (SSSR count). The Morgan fingerprint density at radius 2 is 2.00 bits per heavy atom. The molecule has 3 nitrogen and oxygen atoms in total. The largest absolute Gasteiger partial charge is 0.365 e. The predicted octanol–water partition coefficient (Wildman–Crippen LogP) is 3.64. The highest BCUT2D eigenvalue weighted by atomic mass is 79.9. The second-order valence-corrected chi connectivity index (χ2v) is 4.37. The van der Waals surface area contributed by atoms with Gasteiger partial charge in [0.25, 0.3) is 0 Å². The van der Waals surface area contributed by atoms with Gasteiger partial charge in [-0.05, 0) is 23.8 Å². The number of hydrogen-bond donors (Lipinski definition) is 0. The summed E-state index contributed by atoms with van der Waals surface area (Å²) in [5.41, 5.74) is 0.962. The average Bonchev–Trinajstić information content (AvgIpc) is 2.45. The van der Waals surface area contributed by atoms with Gasteiger partial charge in [-0.1, -0.05) is 57.5 Å². The normalized spacial score (nSPS) is 11.8. The Morgan fingerprint density at radius 1 is 1.22 bits per heavy atom. The van der Waals surface area contributed by atoms with Gasteiger partial charge in [-0.15, -0.1) is 0 Å². The van der Waals surface area contributed by atoms with Crippen LogP contribution in [0.2, 0.25) is 0 Å². The van der Waals surface area contributed by atoms with Crippen LogP contribution in [0.15, 0.2) is 64.2 Å². The minimum Gasteiger partial charge on any atom is -0.313 e. The molecule has 0 saturated heterocycles. The highest BCUT2D eigenvalue weighted by molar-refractivity contribution is 9.10.